The van der Waals surface area contributed by atoms with Gasteiger partial charge in [-0.2, -0.15) is 5.26 Å². The van der Waals surface area contributed by atoms with Gasteiger partial charge >= 0.3 is 7.12 Å². The van der Waals surface area contributed by atoms with E-state index in [1.54, 1.807) is 0 Å². The van der Waals surface area contributed by atoms with Crippen molar-refractivity contribution < 1.29 is 9.31 Å². The molecule has 2 aromatic rings. The minimum Gasteiger partial charge on any atom is -0.400 e. The second kappa shape index (κ2) is 6.52. The van der Waals surface area contributed by atoms with Crippen molar-refractivity contribution >= 4 is 13.2 Å². The van der Waals surface area contributed by atoms with Crippen LogP contribution >= 0.6 is 0 Å². The van der Waals surface area contributed by atoms with Crippen LogP contribution in [0.15, 0.2) is 54.5 Å². The highest BCUT2D eigenvalue weighted by Gasteiger charge is 2.50. The Labute approximate surface area is 150 Å². The van der Waals surface area contributed by atoms with E-state index in [0.717, 1.165) is 16.7 Å². The molecule has 0 saturated carbocycles. The summed E-state index contributed by atoms with van der Waals surface area (Å²) in [6, 6.07) is 18.2. The SMILES string of the molecule is CC1(C)OB(C=Cc2cccc(-c3ccccc3)c2C#N)OC1(C)C. The lowest BCUT2D eigenvalue weighted by Gasteiger charge is -2.32. The van der Waals surface area contributed by atoms with Gasteiger partial charge < -0.3 is 9.31 Å². The zero-order valence-corrected chi connectivity index (χ0v) is 15.1. The second-order valence-corrected chi connectivity index (χ2v) is 7.23. The Morgan fingerprint density at radius 2 is 1.56 bits per heavy atom. The third kappa shape index (κ3) is 3.39. The van der Waals surface area contributed by atoms with Crippen molar-refractivity contribution in [1.82, 2.24) is 0 Å². The molecule has 1 heterocycles. The fraction of sp³-hybridized carbons (Fsp3) is 0.286. The predicted molar refractivity (Wildman–Crippen MR) is 102 cm³/mol. The van der Waals surface area contributed by atoms with Gasteiger partial charge in [-0.3, -0.25) is 0 Å². The van der Waals surface area contributed by atoms with E-state index in [4.69, 9.17) is 9.31 Å². The molecular formula is C21H22BNO2. The van der Waals surface area contributed by atoms with Gasteiger partial charge in [-0.25, -0.2) is 0 Å². The molecule has 1 saturated heterocycles. The standard InChI is InChI=1S/C21H22BNO2/c1-20(2)21(3,4)25-22(24-20)14-13-17-11-8-12-18(19(17)15-23)16-9-6-5-7-10-16/h5-14H,1-4H3. The Bertz CT molecular complexity index is 819. The summed E-state index contributed by atoms with van der Waals surface area (Å²) in [6.45, 7) is 8.10. The summed E-state index contributed by atoms with van der Waals surface area (Å²) >= 11 is 0. The van der Waals surface area contributed by atoms with Gasteiger partial charge in [0, 0.05) is 5.56 Å². The van der Waals surface area contributed by atoms with Crippen molar-refractivity contribution in [2.75, 3.05) is 0 Å². The van der Waals surface area contributed by atoms with Crippen molar-refractivity contribution in [2.24, 2.45) is 0 Å². The van der Waals surface area contributed by atoms with E-state index in [0.29, 0.717) is 5.56 Å². The van der Waals surface area contributed by atoms with Crippen molar-refractivity contribution in [1.29, 1.82) is 5.26 Å². The third-order valence-corrected chi connectivity index (χ3v) is 5.00. The molecule has 0 atom stereocenters. The van der Waals surface area contributed by atoms with E-state index >= 15 is 0 Å². The molecule has 3 nitrogen and oxygen atoms in total. The van der Waals surface area contributed by atoms with Gasteiger partial charge in [0.1, 0.15) is 6.07 Å². The van der Waals surface area contributed by atoms with Crippen molar-refractivity contribution in [3.63, 3.8) is 0 Å². The monoisotopic (exact) mass is 331 g/mol. The van der Waals surface area contributed by atoms with Crippen LogP contribution in [0.1, 0.15) is 38.8 Å². The molecule has 1 aliphatic rings. The minimum absolute atomic E-state index is 0.369. The summed E-state index contributed by atoms with van der Waals surface area (Å²) in [7, 11) is -0.420. The van der Waals surface area contributed by atoms with E-state index in [2.05, 4.69) is 6.07 Å². The summed E-state index contributed by atoms with van der Waals surface area (Å²) in [5.74, 6) is 1.88. The molecule has 1 fully saturated rings. The first kappa shape index (κ1) is 17.5. The quantitative estimate of drug-likeness (QED) is 0.754. The molecule has 4 heteroatoms. The van der Waals surface area contributed by atoms with Crippen molar-refractivity contribution in [2.45, 2.75) is 38.9 Å². The molecular weight excluding hydrogens is 309 g/mol. The number of rotatable bonds is 3. The van der Waals surface area contributed by atoms with Crippen LogP contribution in [0.4, 0.5) is 0 Å². The van der Waals surface area contributed by atoms with E-state index in [-0.39, 0.29) is 11.2 Å². The molecule has 0 radical (unpaired) electrons. The van der Waals surface area contributed by atoms with Gasteiger partial charge in [-0.05, 0) is 38.8 Å². The number of benzene rings is 2. The highest BCUT2D eigenvalue weighted by molar-refractivity contribution is 6.52. The highest BCUT2D eigenvalue weighted by atomic mass is 16.7. The van der Waals surface area contributed by atoms with Gasteiger partial charge in [0.05, 0.1) is 16.8 Å². The smallest absolute Gasteiger partial charge is 0.400 e. The Balaban J connectivity index is 1.91. The van der Waals surface area contributed by atoms with E-state index in [9.17, 15) is 5.26 Å². The van der Waals surface area contributed by atoms with Crippen LogP contribution in [0.2, 0.25) is 0 Å². The zero-order valence-electron chi connectivity index (χ0n) is 15.1. The Kier molecular flexibility index (Phi) is 4.56. The van der Waals surface area contributed by atoms with Gasteiger partial charge in [-0.15, -0.1) is 0 Å². The van der Waals surface area contributed by atoms with Crippen LogP contribution < -0.4 is 0 Å². The lowest BCUT2D eigenvalue weighted by Crippen LogP contribution is -2.41. The summed E-state index contributed by atoms with van der Waals surface area (Å²) in [5, 5.41) is 9.67. The van der Waals surface area contributed by atoms with Crippen LogP contribution in [0.3, 0.4) is 0 Å². The highest BCUT2D eigenvalue weighted by Crippen LogP contribution is 2.37. The summed E-state index contributed by atoms with van der Waals surface area (Å²) in [6.07, 6.45) is 1.91. The molecule has 2 aromatic carbocycles. The van der Waals surface area contributed by atoms with Crippen LogP contribution in [0.25, 0.3) is 17.2 Å². The molecule has 25 heavy (non-hydrogen) atoms. The van der Waals surface area contributed by atoms with E-state index < -0.39 is 7.12 Å². The van der Waals surface area contributed by atoms with Crippen LogP contribution in [-0.2, 0) is 9.31 Å². The van der Waals surface area contributed by atoms with E-state index in [1.165, 1.54) is 0 Å². The first-order chi connectivity index (χ1) is 11.8. The van der Waals surface area contributed by atoms with Gasteiger partial charge in [0.25, 0.3) is 0 Å². The fourth-order valence-corrected chi connectivity index (χ4v) is 2.84. The van der Waals surface area contributed by atoms with Crippen LogP contribution in [0.5, 0.6) is 0 Å². The molecule has 0 bridgehead atoms. The molecule has 0 spiro atoms. The number of nitriles is 1. The van der Waals surface area contributed by atoms with Crippen LogP contribution in [-0.4, -0.2) is 18.3 Å². The first-order valence-electron chi connectivity index (χ1n) is 8.46. The molecule has 0 aromatic heterocycles. The van der Waals surface area contributed by atoms with Crippen molar-refractivity contribution in [3.05, 3.63) is 65.6 Å². The first-order valence-corrected chi connectivity index (χ1v) is 8.46. The zero-order chi connectivity index (χ0) is 18.1. The molecule has 1 aliphatic heterocycles. The van der Waals surface area contributed by atoms with E-state index in [1.807, 2.05) is 88.3 Å². The number of hydrogen-bond acceptors (Lipinski definition) is 3. The molecule has 126 valence electrons. The Morgan fingerprint density at radius 3 is 2.16 bits per heavy atom. The average Bonchev–Trinajstić information content (AvgIpc) is 2.80. The van der Waals surface area contributed by atoms with Crippen LogP contribution in [0, 0.1) is 11.3 Å². The maximum absolute atomic E-state index is 9.67. The summed E-state index contributed by atoms with van der Waals surface area (Å²) < 4.78 is 12.0. The van der Waals surface area contributed by atoms with Gasteiger partial charge in [0.2, 0.25) is 0 Å². The Morgan fingerprint density at radius 1 is 0.920 bits per heavy atom. The number of hydrogen-bond donors (Lipinski definition) is 0. The lowest BCUT2D eigenvalue weighted by molar-refractivity contribution is 0.00578. The molecule has 0 N–H and O–H groups in total. The second-order valence-electron chi connectivity index (χ2n) is 7.23. The predicted octanol–water partition coefficient (Wildman–Crippen LogP) is 4.87. The maximum Gasteiger partial charge on any atom is 0.487 e. The van der Waals surface area contributed by atoms with Gasteiger partial charge in [0.15, 0.2) is 0 Å². The number of nitrogens with zero attached hydrogens (tertiary/aromatic N) is 1. The third-order valence-electron chi connectivity index (χ3n) is 5.00. The summed E-state index contributed by atoms with van der Waals surface area (Å²) in [4.78, 5) is 0. The lowest BCUT2D eigenvalue weighted by atomic mass is 9.87. The average molecular weight is 331 g/mol. The van der Waals surface area contributed by atoms with Gasteiger partial charge in [-0.1, -0.05) is 60.6 Å². The minimum atomic E-state index is -0.420. The molecule has 3 rings (SSSR count). The molecule has 0 amide bonds. The molecule has 0 aliphatic carbocycles. The van der Waals surface area contributed by atoms with Crippen molar-refractivity contribution in [3.8, 4) is 17.2 Å². The largest absolute Gasteiger partial charge is 0.487 e. The fourth-order valence-electron chi connectivity index (χ4n) is 2.84. The summed E-state index contributed by atoms with van der Waals surface area (Å²) in [5.41, 5.74) is 2.74. The molecule has 0 unspecified atom stereocenters. The Hall–Kier alpha value is -2.35. The maximum atomic E-state index is 9.67. The topological polar surface area (TPSA) is 42.2 Å². The normalized spacial score (nSPS) is 18.4.